The van der Waals surface area contributed by atoms with Gasteiger partial charge in [0.1, 0.15) is 24.4 Å². The van der Waals surface area contributed by atoms with Gasteiger partial charge >= 0.3 is 0 Å². The lowest BCUT2D eigenvalue weighted by Gasteiger charge is -2.40. The Bertz CT molecular complexity index is 593. The zero-order valence-electron chi connectivity index (χ0n) is 24.6. The second-order valence-corrected chi connectivity index (χ2v) is 11.4. The molecule has 0 saturated carbocycles. The average Bonchev–Trinajstić information content (AvgIpc) is 2.92. The Morgan fingerprint density at radius 3 is 1.67 bits per heavy atom. The van der Waals surface area contributed by atoms with Crippen LogP contribution >= 0.6 is 0 Å². The van der Waals surface area contributed by atoms with E-state index in [1.54, 1.807) is 0 Å². The molecule has 9 heteroatoms. The van der Waals surface area contributed by atoms with Crippen LogP contribution < -0.4 is 5.32 Å². The maximum Gasteiger partial charge on any atom is 0.217 e. The first-order valence-corrected chi connectivity index (χ1v) is 15.7. The molecule has 7 unspecified atom stereocenters. The summed E-state index contributed by atoms with van der Waals surface area (Å²) in [5, 5.41) is 52.6. The van der Waals surface area contributed by atoms with Crippen LogP contribution in [0.15, 0.2) is 0 Å². The normalized spacial score (nSPS) is 24.9. The number of unbranched alkanes of at least 4 members (excludes halogenated alkanes) is 16. The largest absolute Gasteiger partial charge is 0.394 e. The molecular formula is C30H59NO8. The lowest BCUT2D eigenvalue weighted by atomic mass is 9.99. The number of aliphatic hydroxyl groups is 5. The molecule has 1 heterocycles. The molecule has 1 fully saturated rings. The fraction of sp³-hybridized carbons (Fsp3) is 0.967. The van der Waals surface area contributed by atoms with Gasteiger partial charge in [0.05, 0.1) is 25.4 Å². The van der Waals surface area contributed by atoms with E-state index in [0.717, 1.165) is 19.3 Å². The van der Waals surface area contributed by atoms with Crippen molar-refractivity contribution in [1.82, 2.24) is 5.32 Å². The first kappa shape index (κ1) is 36.2. The number of ether oxygens (including phenoxy) is 2. The molecule has 0 aromatic heterocycles. The van der Waals surface area contributed by atoms with Crippen molar-refractivity contribution in [3.8, 4) is 0 Å². The average molecular weight is 562 g/mol. The Kier molecular flexibility index (Phi) is 21.2. The lowest BCUT2D eigenvalue weighted by molar-refractivity contribution is -0.302. The first-order valence-electron chi connectivity index (χ1n) is 15.7. The Labute approximate surface area is 236 Å². The maximum absolute atomic E-state index is 11.6. The van der Waals surface area contributed by atoms with Crippen molar-refractivity contribution in [2.24, 2.45) is 0 Å². The second kappa shape index (κ2) is 22.8. The van der Waals surface area contributed by atoms with Gasteiger partial charge < -0.3 is 40.3 Å². The number of aliphatic hydroxyl groups excluding tert-OH is 5. The summed E-state index contributed by atoms with van der Waals surface area (Å²) in [5.41, 5.74) is 0. The minimum absolute atomic E-state index is 0.150. The first-order chi connectivity index (χ1) is 18.8. The maximum atomic E-state index is 11.6. The number of carbonyl (C=O) groups excluding carboxylic acids is 1. The van der Waals surface area contributed by atoms with Crippen LogP contribution in [0.3, 0.4) is 0 Å². The fourth-order valence-corrected chi connectivity index (χ4v) is 5.19. The Morgan fingerprint density at radius 1 is 0.769 bits per heavy atom. The Balaban J connectivity index is 2.12. The minimum Gasteiger partial charge on any atom is -0.394 e. The predicted octanol–water partition coefficient (Wildman–Crippen LogP) is 3.71. The van der Waals surface area contributed by atoms with E-state index in [-0.39, 0.29) is 12.5 Å². The molecule has 0 spiro atoms. The molecule has 232 valence electrons. The zero-order chi connectivity index (χ0) is 28.9. The summed E-state index contributed by atoms with van der Waals surface area (Å²) in [6, 6.07) is -0.712. The van der Waals surface area contributed by atoms with Gasteiger partial charge in [0, 0.05) is 6.92 Å². The summed E-state index contributed by atoms with van der Waals surface area (Å²) in [6.45, 7) is 2.91. The highest BCUT2D eigenvalue weighted by Crippen LogP contribution is 2.22. The van der Waals surface area contributed by atoms with Gasteiger partial charge in [0.25, 0.3) is 0 Å². The molecule has 39 heavy (non-hydrogen) atoms. The summed E-state index contributed by atoms with van der Waals surface area (Å²) in [4.78, 5) is 11.6. The third-order valence-electron chi connectivity index (χ3n) is 7.75. The fourth-order valence-electron chi connectivity index (χ4n) is 5.19. The predicted molar refractivity (Wildman–Crippen MR) is 152 cm³/mol. The molecule has 1 rings (SSSR count). The number of carbonyl (C=O) groups is 1. The molecule has 0 aromatic rings. The molecule has 0 bridgehead atoms. The van der Waals surface area contributed by atoms with Crippen molar-refractivity contribution in [3.63, 3.8) is 0 Å². The summed E-state index contributed by atoms with van der Waals surface area (Å²) in [5.74, 6) is -0.320. The Hall–Kier alpha value is -0.810. The topological polar surface area (TPSA) is 149 Å². The van der Waals surface area contributed by atoms with Gasteiger partial charge in [-0.2, -0.15) is 0 Å². The van der Waals surface area contributed by atoms with Crippen LogP contribution in [0.4, 0.5) is 0 Å². The van der Waals surface area contributed by atoms with Crippen molar-refractivity contribution in [2.45, 2.75) is 172 Å². The summed E-state index contributed by atoms with van der Waals surface area (Å²) in [7, 11) is 0. The van der Waals surface area contributed by atoms with E-state index in [1.165, 1.54) is 96.8 Å². The molecule has 0 aromatic carbocycles. The van der Waals surface area contributed by atoms with Crippen LogP contribution in [0.5, 0.6) is 0 Å². The van der Waals surface area contributed by atoms with Crippen molar-refractivity contribution in [3.05, 3.63) is 0 Å². The monoisotopic (exact) mass is 561 g/mol. The van der Waals surface area contributed by atoms with E-state index >= 15 is 0 Å². The second-order valence-electron chi connectivity index (χ2n) is 11.4. The molecule has 6 N–H and O–H groups in total. The molecule has 1 amide bonds. The number of hydrogen-bond donors (Lipinski definition) is 6. The van der Waals surface area contributed by atoms with Gasteiger partial charge in [-0.05, 0) is 6.42 Å². The molecular weight excluding hydrogens is 502 g/mol. The van der Waals surface area contributed by atoms with E-state index in [1.807, 2.05) is 0 Å². The van der Waals surface area contributed by atoms with Gasteiger partial charge in [-0.25, -0.2) is 0 Å². The molecule has 1 saturated heterocycles. The van der Waals surface area contributed by atoms with Crippen LogP contribution in [0, 0.1) is 0 Å². The van der Waals surface area contributed by atoms with Gasteiger partial charge in [-0.1, -0.05) is 116 Å². The summed E-state index contributed by atoms with van der Waals surface area (Å²) >= 11 is 0. The van der Waals surface area contributed by atoms with E-state index in [2.05, 4.69) is 12.2 Å². The van der Waals surface area contributed by atoms with Crippen molar-refractivity contribution in [1.29, 1.82) is 0 Å². The summed E-state index contributed by atoms with van der Waals surface area (Å²) < 4.78 is 10.9. The summed E-state index contributed by atoms with van der Waals surface area (Å²) in [6.07, 6.45) is 14.6. The standard InChI is InChI=1S/C30H59NO8/c1-3-4-5-6-7-8-9-10-11-12-13-14-15-16-17-18-19-20-25(34)24(31-23(2)33)22-38-30-29(37)28(36)27(35)26(21-32)39-30/h24-30,32,34-37H,3-22H2,1-2H3,(H,31,33). The molecule has 9 nitrogen and oxygen atoms in total. The van der Waals surface area contributed by atoms with Gasteiger partial charge in [0.15, 0.2) is 6.29 Å². The Morgan fingerprint density at radius 2 is 1.23 bits per heavy atom. The van der Waals surface area contributed by atoms with E-state index < -0.39 is 49.5 Å². The lowest BCUT2D eigenvalue weighted by Crippen LogP contribution is -2.60. The highest BCUT2D eigenvalue weighted by atomic mass is 16.7. The van der Waals surface area contributed by atoms with Crippen molar-refractivity contribution >= 4 is 5.91 Å². The van der Waals surface area contributed by atoms with Crippen LogP contribution in [0.25, 0.3) is 0 Å². The SMILES string of the molecule is CCCCCCCCCCCCCCCCCCCC(O)C(COC1OC(CO)C(O)C(O)C1O)NC(C)=O. The van der Waals surface area contributed by atoms with Crippen molar-refractivity contribution < 1.29 is 39.8 Å². The van der Waals surface area contributed by atoms with Gasteiger partial charge in [-0.15, -0.1) is 0 Å². The van der Waals surface area contributed by atoms with E-state index in [9.17, 15) is 30.3 Å². The zero-order valence-corrected chi connectivity index (χ0v) is 24.6. The highest BCUT2D eigenvalue weighted by Gasteiger charge is 2.44. The molecule has 1 aliphatic rings. The van der Waals surface area contributed by atoms with Crippen LogP contribution in [-0.2, 0) is 14.3 Å². The molecule has 0 radical (unpaired) electrons. The van der Waals surface area contributed by atoms with Crippen LogP contribution in [0.2, 0.25) is 0 Å². The molecule has 7 atom stereocenters. The van der Waals surface area contributed by atoms with Crippen LogP contribution in [-0.4, -0.2) is 87.5 Å². The number of nitrogens with one attached hydrogen (secondary N) is 1. The van der Waals surface area contributed by atoms with Gasteiger partial charge in [-0.3, -0.25) is 4.79 Å². The van der Waals surface area contributed by atoms with Crippen LogP contribution in [0.1, 0.15) is 129 Å². The molecule has 0 aliphatic carbocycles. The molecule has 1 aliphatic heterocycles. The third kappa shape index (κ3) is 16.3. The smallest absolute Gasteiger partial charge is 0.217 e. The minimum atomic E-state index is -1.54. The number of rotatable bonds is 24. The van der Waals surface area contributed by atoms with Crippen molar-refractivity contribution in [2.75, 3.05) is 13.2 Å². The number of hydrogen-bond acceptors (Lipinski definition) is 8. The third-order valence-corrected chi connectivity index (χ3v) is 7.75. The van der Waals surface area contributed by atoms with E-state index in [4.69, 9.17) is 9.47 Å². The van der Waals surface area contributed by atoms with E-state index in [0.29, 0.717) is 6.42 Å². The van der Waals surface area contributed by atoms with Gasteiger partial charge in [0.2, 0.25) is 5.91 Å². The highest BCUT2D eigenvalue weighted by molar-refractivity contribution is 5.73. The number of amides is 1. The quantitative estimate of drug-likeness (QED) is 0.0977.